The predicted molar refractivity (Wildman–Crippen MR) is 70.9 cm³/mol. The number of alkyl halides is 3. The standard InChI is InChI=1S/C13H15BrF3NO/c1-3-8(2)7-18-12(19)10-6-9(13(15,16)17)4-5-11(10)14/h4-6,8H,3,7H2,1-2H3,(H,18,19). The van der Waals surface area contributed by atoms with Crippen LogP contribution in [-0.4, -0.2) is 12.5 Å². The van der Waals surface area contributed by atoms with Gasteiger partial charge in [0.05, 0.1) is 11.1 Å². The Balaban J connectivity index is 2.90. The second-order valence-electron chi connectivity index (χ2n) is 4.42. The molecule has 1 aromatic carbocycles. The molecule has 0 aromatic heterocycles. The summed E-state index contributed by atoms with van der Waals surface area (Å²) < 4.78 is 38.1. The van der Waals surface area contributed by atoms with Crippen LogP contribution < -0.4 is 5.32 Å². The summed E-state index contributed by atoms with van der Waals surface area (Å²) in [5.41, 5.74) is -0.831. The molecule has 1 rings (SSSR count). The van der Waals surface area contributed by atoms with Gasteiger partial charge in [-0.05, 0) is 40.0 Å². The van der Waals surface area contributed by atoms with E-state index in [-0.39, 0.29) is 11.5 Å². The molecule has 2 nitrogen and oxygen atoms in total. The number of amides is 1. The van der Waals surface area contributed by atoms with Gasteiger partial charge in [0.2, 0.25) is 0 Å². The normalized spacial score (nSPS) is 13.2. The molecule has 1 atom stereocenters. The van der Waals surface area contributed by atoms with Crippen molar-refractivity contribution in [3.63, 3.8) is 0 Å². The summed E-state index contributed by atoms with van der Waals surface area (Å²) in [5.74, 6) is -0.216. The zero-order valence-electron chi connectivity index (χ0n) is 10.6. The van der Waals surface area contributed by atoms with Gasteiger partial charge < -0.3 is 5.32 Å². The number of carbonyl (C=O) groups is 1. The van der Waals surface area contributed by atoms with Gasteiger partial charge in [0, 0.05) is 11.0 Å². The molecule has 0 spiro atoms. The Kier molecular flexibility index (Phi) is 5.40. The number of nitrogens with one attached hydrogen (secondary N) is 1. The maximum atomic E-state index is 12.6. The van der Waals surface area contributed by atoms with Gasteiger partial charge in [-0.25, -0.2) is 0 Å². The highest BCUT2D eigenvalue weighted by molar-refractivity contribution is 9.10. The van der Waals surface area contributed by atoms with Crippen LogP contribution in [0.25, 0.3) is 0 Å². The summed E-state index contributed by atoms with van der Waals surface area (Å²) in [6.45, 7) is 4.39. The quantitative estimate of drug-likeness (QED) is 0.874. The SMILES string of the molecule is CCC(C)CNC(=O)c1cc(C(F)(F)F)ccc1Br. The minimum atomic E-state index is -4.45. The van der Waals surface area contributed by atoms with Crippen molar-refractivity contribution in [2.45, 2.75) is 26.4 Å². The van der Waals surface area contributed by atoms with Gasteiger partial charge in [-0.15, -0.1) is 0 Å². The first-order valence-corrected chi connectivity index (χ1v) is 6.70. The van der Waals surface area contributed by atoms with Crippen LogP contribution >= 0.6 is 15.9 Å². The Morgan fingerprint density at radius 3 is 2.58 bits per heavy atom. The van der Waals surface area contributed by atoms with E-state index in [9.17, 15) is 18.0 Å². The van der Waals surface area contributed by atoms with Gasteiger partial charge in [0.1, 0.15) is 0 Å². The Bertz CT molecular complexity index is 460. The number of hydrogen-bond donors (Lipinski definition) is 1. The largest absolute Gasteiger partial charge is 0.416 e. The molecular formula is C13H15BrF3NO. The summed E-state index contributed by atoms with van der Waals surface area (Å²) in [5, 5.41) is 2.63. The molecule has 1 unspecified atom stereocenters. The van der Waals surface area contributed by atoms with Crippen LogP contribution in [0.1, 0.15) is 36.2 Å². The van der Waals surface area contributed by atoms with E-state index in [1.807, 2.05) is 13.8 Å². The summed E-state index contributed by atoms with van der Waals surface area (Å²) in [6.07, 6.45) is -3.56. The summed E-state index contributed by atoms with van der Waals surface area (Å²) >= 11 is 3.09. The molecule has 0 saturated heterocycles. The lowest BCUT2D eigenvalue weighted by molar-refractivity contribution is -0.137. The summed E-state index contributed by atoms with van der Waals surface area (Å²) in [4.78, 5) is 11.9. The van der Waals surface area contributed by atoms with E-state index < -0.39 is 17.6 Å². The number of halogens is 4. The molecule has 0 radical (unpaired) electrons. The van der Waals surface area contributed by atoms with Crippen molar-refractivity contribution >= 4 is 21.8 Å². The van der Waals surface area contributed by atoms with Gasteiger partial charge in [0.25, 0.3) is 5.91 Å². The van der Waals surface area contributed by atoms with Crippen LogP contribution in [0.3, 0.4) is 0 Å². The second kappa shape index (κ2) is 6.41. The minimum Gasteiger partial charge on any atom is -0.352 e. The van der Waals surface area contributed by atoms with Gasteiger partial charge in [-0.3, -0.25) is 4.79 Å². The lowest BCUT2D eigenvalue weighted by Crippen LogP contribution is -2.28. The first-order valence-electron chi connectivity index (χ1n) is 5.90. The van der Waals surface area contributed by atoms with Crippen molar-refractivity contribution in [2.75, 3.05) is 6.54 Å². The third-order valence-electron chi connectivity index (χ3n) is 2.85. The van der Waals surface area contributed by atoms with Crippen molar-refractivity contribution in [3.05, 3.63) is 33.8 Å². The first-order chi connectivity index (χ1) is 8.75. The van der Waals surface area contributed by atoms with Crippen LogP contribution in [0, 0.1) is 5.92 Å². The highest BCUT2D eigenvalue weighted by atomic mass is 79.9. The fraction of sp³-hybridized carbons (Fsp3) is 0.462. The van der Waals surface area contributed by atoms with E-state index in [1.165, 1.54) is 6.07 Å². The average Bonchev–Trinajstić information content (AvgIpc) is 2.34. The van der Waals surface area contributed by atoms with Crippen molar-refractivity contribution in [1.82, 2.24) is 5.32 Å². The van der Waals surface area contributed by atoms with Gasteiger partial charge >= 0.3 is 6.18 Å². The third kappa shape index (κ3) is 4.53. The summed E-state index contributed by atoms with van der Waals surface area (Å²) in [6, 6.07) is 3.03. The first kappa shape index (κ1) is 16.0. The van der Waals surface area contributed by atoms with Crippen molar-refractivity contribution in [1.29, 1.82) is 0 Å². The smallest absolute Gasteiger partial charge is 0.352 e. The Hall–Kier alpha value is -1.04. The lowest BCUT2D eigenvalue weighted by atomic mass is 10.1. The molecule has 106 valence electrons. The molecule has 19 heavy (non-hydrogen) atoms. The van der Waals surface area contributed by atoms with E-state index in [0.29, 0.717) is 11.0 Å². The Labute approximate surface area is 118 Å². The number of hydrogen-bond acceptors (Lipinski definition) is 1. The highest BCUT2D eigenvalue weighted by Crippen LogP contribution is 2.31. The van der Waals surface area contributed by atoms with Crippen LogP contribution in [0.4, 0.5) is 13.2 Å². The topological polar surface area (TPSA) is 29.1 Å². The van der Waals surface area contributed by atoms with Crippen LogP contribution in [-0.2, 0) is 6.18 Å². The molecule has 1 N–H and O–H groups in total. The molecule has 0 bridgehead atoms. The van der Waals surface area contributed by atoms with E-state index in [2.05, 4.69) is 21.2 Å². The monoisotopic (exact) mass is 337 g/mol. The average molecular weight is 338 g/mol. The maximum absolute atomic E-state index is 12.6. The van der Waals surface area contributed by atoms with Crippen molar-refractivity contribution in [3.8, 4) is 0 Å². The predicted octanol–water partition coefficient (Wildman–Crippen LogP) is 4.24. The lowest BCUT2D eigenvalue weighted by Gasteiger charge is -2.13. The van der Waals surface area contributed by atoms with E-state index in [1.54, 1.807) is 0 Å². The van der Waals surface area contributed by atoms with Crippen LogP contribution in [0.5, 0.6) is 0 Å². The van der Waals surface area contributed by atoms with E-state index >= 15 is 0 Å². The van der Waals surface area contributed by atoms with Crippen LogP contribution in [0.15, 0.2) is 22.7 Å². The Morgan fingerprint density at radius 1 is 1.42 bits per heavy atom. The molecule has 6 heteroatoms. The maximum Gasteiger partial charge on any atom is 0.416 e. The molecule has 0 aliphatic carbocycles. The highest BCUT2D eigenvalue weighted by Gasteiger charge is 2.31. The molecule has 0 heterocycles. The van der Waals surface area contributed by atoms with Crippen molar-refractivity contribution in [2.24, 2.45) is 5.92 Å². The third-order valence-corrected chi connectivity index (χ3v) is 3.54. The fourth-order valence-electron chi connectivity index (χ4n) is 1.38. The molecule has 1 amide bonds. The molecule has 0 saturated carbocycles. The molecule has 0 aliphatic heterocycles. The van der Waals surface area contributed by atoms with Gasteiger partial charge in [-0.1, -0.05) is 20.3 Å². The number of benzene rings is 1. The Morgan fingerprint density at radius 2 is 2.05 bits per heavy atom. The number of carbonyl (C=O) groups excluding carboxylic acids is 1. The molecule has 0 fully saturated rings. The number of rotatable bonds is 4. The second-order valence-corrected chi connectivity index (χ2v) is 5.27. The van der Waals surface area contributed by atoms with Gasteiger partial charge in [-0.2, -0.15) is 13.2 Å². The molecular weight excluding hydrogens is 323 g/mol. The van der Waals surface area contributed by atoms with E-state index in [4.69, 9.17) is 0 Å². The van der Waals surface area contributed by atoms with Gasteiger partial charge in [0.15, 0.2) is 0 Å². The zero-order valence-corrected chi connectivity index (χ0v) is 12.2. The minimum absolute atomic E-state index is 0.00173. The van der Waals surface area contributed by atoms with E-state index in [0.717, 1.165) is 18.6 Å². The molecule has 1 aromatic rings. The van der Waals surface area contributed by atoms with Crippen LogP contribution in [0.2, 0.25) is 0 Å². The summed E-state index contributed by atoms with van der Waals surface area (Å²) in [7, 11) is 0. The van der Waals surface area contributed by atoms with Crippen molar-refractivity contribution < 1.29 is 18.0 Å². The zero-order chi connectivity index (χ0) is 14.6. The fourth-order valence-corrected chi connectivity index (χ4v) is 1.81. The molecule has 0 aliphatic rings.